The first-order valence-corrected chi connectivity index (χ1v) is 17.1. The van der Waals surface area contributed by atoms with Crippen molar-refractivity contribution >= 4 is 71.3 Å². The van der Waals surface area contributed by atoms with Gasteiger partial charge in [-0.05, 0) is 103 Å². The van der Waals surface area contributed by atoms with Crippen LogP contribution in [0.25, 0.3) is 76.5 Å². The maximum Gasteiger partial charge on any atom is 0.137 e. The molecule has 0 N–H and O–H groups in total. The Kier molecular flexibility index (Phi) is 6.53. The van der Waals surface area contributed by atoms with Crippen molar-refractivity contribution in [2.75, 3.05) is 4.90 Å². The van der Waals surface area contributed by atoms with Gasteiger partial charge in [0.15, 0.2) is 0 Å². The molecular formula is C48H31NO. The molecule has 2 nitrogen and oxygen atoms in total. The molecule has 0 radical (unpaired) electrons. The van der Waals surface area contributed by atoms with Crippen LogP contribution in [0, 0.1) is 0 Å². The lowest BCUT2D eigenvalue weighted by molar-refractivity contribution is 0.669. The van der Waals surface area contributed by atoms with E-state index in [1.807, 2.05) is 12.1 Å². The first kappa shape index (κ1) is 28.4. The van der Waals surface area contributed by atoms with Gasteiger partial charge in [-0.1, -0.05) is 133 Å². The number of hydrogen-bond acceptors (Lipinski definition) is 2. The molecule has 0 aliphatic rings. The van der Waals surface area contributed by atoms with Crippen LogP contribution in [0.1, 0.15) is 0 Å². The summed E-state index contributed by atoms with van der Waals surface area (Å²) in [5, 5.41) is 9.72. The smallest absolute Gasteiger partial charge is 0.137 e. The van der Waals surface area contributed by atoms with E-state index in [1.54, 1.807) is 0 Å². The molecule has 0 spiro atoms. The normalized spacial score (nSPS) is 11.6. The Labute approximate surface area is 290 Å². The van der Waals surface area contributed by atoms with Crippen molar-refractivity contribution in [3.05, 3.63) is 188 Å². The molecule has 0 aliphatic heterocycles. The monoisotopic (exact) mass is 637 g/mol. The molecule has 0 saturated heterocycles. The molecule has 0 unspecified atom stereocenters. The number of fused-ring (bicyclic) bond motifs is 8. The highest BCUT2D eigenvalue weighted by Crippen LogP contribution is 2.43. The van der Waals surface area contributed by atoms with Gasteiger partial charge in [0.2, 0.25) is 0 Å². The average Bonchev–Trinajstić information content (AvgIpc) is 3.56. The highest BCUT2D eigenvalue weighted by Gasteiger charge is 2.19. The number of benzene rings is 9. The Morgan fingerprint density at radius 2 is 0.800 bits per heavy atom. The van der Waals surface area contributed by atoms with E-state index < -0.39 is 0 Å². The van der Waals surface area contributed by atoms with Crippen molar-refractivity contribution < 1.29 is 4.42 Å². The fourth-order valence-corrected chi connectivity index (χ4v) is 7.58. The van der Waals surface area contributed by atoms with E-state index in [-0.39, 0.29) is 0 Å². The van der Waals surface area contributed by atoms with Crippen molar-refractivity contribution in [2.45, 2.75) is 0 Å². The third kappa shape index (κ3) is 4.73. The Morgan fingerprint density at radius 3 is 1.54 bits per heavy atom. The van der Waals surface area contributed by atoms with E-state index in [0.717, 1.165) is 50.1 Å². The van der Waals surface area contributed by atoms with Gasteiger partial charge in [-0.25, -0.2) is 0 Å². The number of nitrogens with zero attached hydrogens (tertiary/aromatic N) is 1. The van der Waals surface area contributed by atoms with Crippen LogP contribution in [0.2, 0.25) is 0 Å². The van der Waals surface area contributed by atoms with Gasteiger partial charge in [0.25, 0.3) is 0 Å². The largest absolute Gasteiger partial charge is 0.456 e. The highest BCUT2D eigenvalue weighted by molar-refractivity contribution is 6.18. The van der Waals surface area contributed by atoms with E-state index >= 15 is 0 Å². The molecule has 0 amide bonds. The fourth-order valence-electron chi connectivity index (χ4n) is 7.58. The number of rotatable bonds is 5. The summed E-state index contributed by atoms with van der Waals surface area (Å²) in [6.45, 7) is 0. The quantitative estimate of drug-likeness (QED) is 0.175. The Hall–Kier alpha value is -6.64. The molecule has 1 heterocycles. The van der Waals surface area contributed by atoms with E-state index in [0.29, 0.717) is 0 Å². The molecule has 10 aromatic rings. The van der Waals surface area contributed by atoms with Crippen LogP contribution in [0.3, 0.4) is 0 Å². The van der Waals surface area contributed by atoms with E-state index in [9.17, 15) is 0 Å². The number of hydrogen-bond donors (Lipinski definition) is 0. The molecule has 0 bridgehead atoms. The summed E-state index contributed by atoms with van der Waals surface area (Å²) in [6, 6.07) is 67.7. The van der Waals surface area contributed by atoms with Gasteiger partial charge in [0, 0.05) is 33.9 Å². The SMILES string of the molecule is c1ccc(-c2cc(-c3ccccc3)cc(N(c3ccc4c(c3)oc3ccccc34)c3ccc4ccc5c6ccccc6ccc5c4c3)c2)cc1. The highest BCUT2D eigenvalue weighted by atomic mass is 16.3. The maximum atomic E-state index is 6.44. The van der Waals surface area contributed by atoms with Crippen molar-refractivity contribution in [3.8, 4) is 22.3 Å². The molecule has 50 heavy (non-hydrogen) atoms. The molecule has 0 atom stereocenters. The predicted molar refractivity (Wildman–Crippen MR) is 212 cm³/mol. The van der Waals surface area contributed by atoms with Crippen LogP contribution in [0.15, 0.2) is 192 Å². The van der Waals surface area contributed by atoms with Crippen LogP contribution in [0.4, 0.5) is 17.1 Å². The van der Waals surface area contributed by atoms with Crippen molar-refractivity contribution in [1.29, 1.82) is 0 Å². The third-order valence-corrected chi connectivity index (χ3v) is 10.00. The van der Waals surface area contributed by atoms with Crippen LogP contribution in [-0.4, -0.2) is 0 Å². The van der Waals surface area contributed by atoms with Gasteiger partial charge in [0.1, 0.15) is 11.2 Å². The molecule has 0 aliphatic carbocycles. The van der Waals surface area contributed by atoms with E-state index in [4.69, 9.17) is 4.42 Å². The van der Waals surface area contributed by atoms with Crippen LogP contribution in [-0.2, 0) is 0 Å². The van der Waals surface area contributed by atoms with Gasteiger partial charge in [-0.2, -0.15) is 0 Å². The standard InChI is InChI=1S/C48H31NO/c1-3-11-32(12-4-1)36-27-37(33-13-5-2-6-14-33)29-40(28-36)49(39-23-26-45-44-17-9-10-18-47(44)50-48(45)31-39)38-22-19-35-21-24-42-41-16-8-7-15-34(41)20-25-43(42)46(35)30-38/h1-31H. The van der Waals surface area contributed by atoms with Gasteiger partial charge < -0.3 is 9.32 Å². The van der Waals surface area contributed by atoms with Gasteiger partial charge >= 0.3 is 0 Å². The van der Waals surface area contributed by atoms with E-state index in [1.165, 1.54) is 43.4 Å². The zero-order chi connectivity index (χ0) is 33.0. The Morgan fingerprint density at radius 1 is 0.280 bits per heavy atom. The summed E-state index contributed by atoms with van der Waals surface area (Å²) in [7, 11) is 0. The number of anilines is 3. The predicted octanol–water partition coefficient (Wildman–Crippen LogP) is 13.8. The summed E-state index contributed by atoms with van der Waals surface area (Å²) < 4.78 is 6.44. The van der Waals surface area contributed by atoms with Gasteiger partial charge in [-0.3, -0.25) is 0 Å². The first-order valence-electron chi connectivity index (χ1n) is 17.1. The summed E-state index contributed by atoms with van der Waals surface area (Å²) >= 11 is 0. The zero-order valence-electron chi connectivity index (χ0n) is 27.3. The Balaban J connectivity index is 1.25. The van der Waals surface area contributed by atoms with Crippen molar-refractivity contribution in [1.82, 2.24) is 0 Å². The maximum absolute atomic E-state index is 6.44. The second-order valence-corrected chi connectivity index (χ2v) is 13.0. The molecule has 0 fully saturated rings. The summed E-state index contributed by atoms with van der Waals surface area (Å²) in [6.07, 6.45) is 0. The minimum atomic E-state index is 0.869. The lowest BCUT2D eigenvalue weighted by Gasteiger charge is -2.27. The average molecular weight is 638 g/mol. The van der Waals surface area contributed by atoms with Gasteiger partial charge in [0.05, 0.1) is 0 Å². The van der Waals surface area contributed by atoms with Crippen molar-refractivity contribution in [2.24, 2.45) is 0 Å². The minimum Gasteiger partial charge on any atom is -0.456 e. The van der Waals surface area contributed by atoms with Crippen LogP contribution in [0.5, 0.6) is 0 Å². The van der Waals surface area contributed by atoms with Gasteiger partial charge in [-0.15, -0.1) is 0 Å². The summed E-state index contributed by atoms with van der Waals surface area (Å²) in [5.41, 5.74) is 9.63. The van der Waals surface area contributed by atoms with E-state index in [2.05, 4.69) is 181 Å². The topological polar surface area (TPSA) is 16.4 Å². The fraction of sp³-hybridized carbons (Fsp3) is 0. The molecular weight excluding hydrogens is 607 g/mol. The second-order valence-electron chi connectivity index (χ2n) is 13.0. The molecule has 1 aromatic heterocycles. The molecule has 10 rings (SSSR count). The second kappa shape index (κ2) is 11.5. The lowest BCUT2D eigenvalue weighted by atomic mass is 9.96. The summed E-state index contributed by atoms with van der Waals surface area (Å²) in [5.74, 6) is 0. The molecule has 2 heteroatoms. The lowest BCUT2D eigenvalue weighted by Crippen LogP contribution is -2.10. The van der Waals surface area contributed by atoms with Crippen LogP contribution >= 0.6 is 0 Å². The van der Waals surface area contributed by atoms with Crippen LogP contribution < -0.4 is 4.90 Å². The number of para-hydroxylation sites is 1. The molecule has 9 aromatic carbocycles. The molecule has 234 valence electrons. The Bertz CT molecular complexity index is 2810. The van der Waals surface area contributed by atoms with Crippen molar-refractivity contribution in [3.63, 3.8) is 0 Å². The third-order valence-electron chi connectivity index (χ3n) is 10.00. The number of furan rings is 1. The zero-order valence-corrected chi connectivity index (χ0v) is 27.3. The minimum absolute atomic E-state index is 0.869. The first-order chi connectivity index (χ1) is 24.8. The summed E-state index contributed by atoms with van der Waals surface area (Å²) in [4.78, 5) is 2.38. The molecule has 0 saturated carbocycles.